The molecule has 3 aliphatic rings. The molecule has 1 aromatic heterocycles. The molecule has 1 saturated heterocycles. The van der Waals surface area contributed by atoms with E-state index in [9.17, 15) is 9.90 Å². The number of likely N-dealkylation sites (tertiary alicyclic amines) is 1. The molecule has 1 aliphatic carbocycles. The van der Waals surface area contributed by atoms with Gasteiger partial charge in [0.15, 0.2) is 11.9 Å². The number of aliphatic hydroxyl groups is 1. The second kappa shape index (κ2) is 7.89. The zero-order valence-corrected chi connectivity index (χ0v) is 17.0. The van der Waals surface area contributed by atoms with Gasteiger partial charge in [-0.15, -0.1) is 0 Å². The van der Waals surface area contributed by atoms with Crippen molar-refractivity contribution in [3.63, 3.8) is 0 Å². The molecule has 0 radical (unpaired) electrons. The van der Waals surface area contributed by atoms with Crippen molar-refractivity contribution in [2.24, 2.45) is 17.8 Å². The summed E-state index contributed by atoms with van der Waals surface area (Å²) < 4.78 is 11.7. The lowest BCUT2D eigenvalue weighted by Gasteiger charge is -2.26. The summed E-state index contributed by atoms with van der Waals surface area (Å²) in [6.07, 6.45) is 1.06. The normalized spacial score (nSPS) is 27.9. The highest BCUT2D eigenvalue weighted by atomic mass is 16.6. The first kappa shape index (κ1) is 19.3. The Bertz CT molecular complexity index is 905. The number of amides is 1. The van der Waals surface area contributed by atoms with Gasteiger partial charge in [-0.1, -0.05) is 24.3 Å². The first-order chi connectivity index (χ1) is 14.6. The summed E-state index contributed by atoms with van der Waals surface area (Å²) >= 11 is 0. The van der Waals surface area contributed by atoms with Crippen molar-refractivity contribution in [3.05, 3.63) is 53.7 Å². The van der Waals surface area contributed by atoms with Gasteiger partial charge in [0.05, 0.1) is 6.10 Å². The fourth-order valence-electron chi connectivity index (χ4n) is 4.67. The number of aromatic nitrogens is 1. The maximum absolute atomic E-state index is 12.2. The zero-order valence-electron chi connectivity index (χ0n) is 17.0. The summed E-state index contributed by atoms with van der Waals surface area (Å²) in [5.41, 5.74) is 2.33. The number of carbonyl (C=O) groups excluding carboxylic acids is 1. The number of aliphatic hydroxyl groups excluding tert-OH is 1. The van der Waals surface area contributed by atoms with Gasteiger partial charge in [0.1, 0.15) is 6.61 Å². The summed E-state index contributed by atoms with van der Waals surface area (Å²) in [6, 6.07) is 12.2. The Hall–Kier alpha value is -2.64. The van der Waals surface area contributed by atoms with Gasteiger partial charge in [-0.05, 0) is 42.0 Å². The molecule has 1 saturated carbocycles. The molecule has 7 heteroatoms. The summed E-state index contributed by atoms with van der Waals surface area (Å²) in [7, 11) is 0. The predicted molar refractivity (Wildman–Crippen MR) is 110 cm³/mol. The highest BCUT2D eigenvalue weighted by Crippen LogP contribution is 2.52. The van der Waals surface area contributed by atoms with Gasteiger partial charge in [-0.3, -0.25) is 9.69 Å². The maximum Gasteiger partial charge on any atom is 0.257 e. The molecule has 0 spiro atoms. The largest absolute Gasteiger partial charge is 0.484 e. The zero-order chi connectivity index (χ0) is 20.7. The van der Waals surface area contributed by atoms with Crippen LogP contribution >= 0.6 is 0 Å². The van der Waals surface area contributed by atoms with Gasteiger partial charge >= 0.3 is 0 Å². The Morgan fingerprint density at radius 1 is 1.27 bits per heavy atom. The van der Waals surface area contributed by atoms with Crippen LogP contribution in [0, 0.1) is 17.8 Å². The molecule has 3 heterocycles. The van der Waals surface area contributed by atoms with E-state index in [2.05, 4.69) is 39.5 Å². The van der Waals surface area contributed by atoms with E-state index >= 15 is 0 Å². The first-order valence-corrected chi connectivity index (χ1v) is 10.6. The van der Waals surface area contributed by atoms with Crippen LogP contribution in [0.5, 0.6) is 11.6 Å². The summed E-state index contributed by atoms with van der Waals surface area (Å²) in [5, 5.41) is 12.2. The molecule has 2 aromatic rings. The van der Waals surface area contributed by atoms with Crippen LogP contribution in [0.4, 0.5) is 0 Å². The van der Waals surface area contributed by atoms with E-state index < -0.39 is 6.10 Å². The lowest BCUT2D eigenvalue weighted by Crippen LogP contribution is -2.35. The molecule has 2 fully saturated rings. The summed E-state index contributed by atoms with van der Waals surface area (Å²) in [6.45, 7) is 5.31. The van der Waals surface area contributed by atoms with E-state index in [1.54, 1.807) is 13.1 Å². The smallest absolute Gasteiger partial charge is 0.257 e. The maximum atomic E-state index is 12.2. The molecule has 5 atom stereocenters. The van der Waals surface area contributed by atoms with E-state index in [0.29, 0.717) is 36.6 Å². The summed E-state index contributed by atoms with van der Waals surface area (Å²) in [5.74, 6) is 2.37. The number of hydrogen-bond donors (Lipinski definition) is 2. The highest BCUT2D eigenvalue weighted by molar-refractivity contribution is 5.82. The standard InChI is InChI=1S/C23H27N3O4/c1-14(27)9-25-22(28)21-17-11-26(12-18(17)21)10-15-4-6-16(7-5-15)20-13-29-19-3-2-8-24-23(19)30-20/h2-8,14,17-18,20-21,27H,9-13H2,1H3,(H,25,28)/t14-,17-,18?,20+,21?/m0/s1. The molecule has 7 nitrogen and oxygen atoms in total. The minimum Gasteiger partial charge on any atom is -0.484 e. The second-order valence-electron chi connectivity index (χ2n) is 8.61. The number of fused-ring (bicyclic) bond motifs is 2. The first-order valence-electron chi connectivity index (χ1n) is 10.6. The lowest BCUT2D eigenvalue weighted by atomic mass is 10.1. The average molecular weight is 409 g/mol. The van der Waals surface area contributed by atoms with Crippen molar-refractivity contribution in [2.45, 2.75) is 25.7 Å². The molecular formula is C23H27N3O4. The number of nitrogens with one attached hydrogen (secondary N) is 1. The van der Waals surface area contributed by atoms with E-state index in [-0.39, 0.29) is 17.9 Å². The van der Waals surface area contributed by atoms with Crippen LogP contribution in [-0.2, 0) is 11.3 Å². The minimum atomic E-state index is -0.497. The number of nitrogens with zero attached hydrogens (tertiary/aromatic N) is 2. The third-order valence-corrected chi connectivity index (χ3v) is 6.28. The van der Waals surface area contributed by atoms with Crippen molar-refractivity contribution < 1.29 is 19.4 Å². The van der Waals surface area contributed by atoms with Crippen molar-refractivity contribution >= 4 is 5.91 Å². The monoisotopic (exact) mass is 409 g/mol. The summed E-state index contributed by atoms with van der Waals surface area (Å²) in [4.78, 5) is 18.8. The van der Waals surface area contributed by atoms with Crippen LogP contribution in [0.1, 0.15) is 24.2 Å². The molecule has 1 aromatic carbocycles. The van der Waals surface area contributed by atoms with E-state index in [1.165, 1.54) is 5.56 Å². The van der Waals surface area contributed by atoms with Crippen LogP contribution in [-0.4, -0.2) is 53.2 Å². The van der Waals surface area contributed by atoms with E-state index in [0.717, 1.165) is 25.2 Å². The van der Waals surface area contributed by atoms with Crippen LogP contribution in [0.2, 0.25) is 0 Å². The van der Waals surface area contributed by atoms with Gasteiger partial charge < -0.3 is 19.9 Å². The van der Waals surface area contributed by atoms with Gasteiger partial charge in [-0.2, -0.15) is 0 Å². The number of hydrogen-bond acceptors (Lipinski definition) is 6. The molecule has 158 valence electrons. The van der Waals surface area contributed by atoms with Crippen molar-refractivity contribution in [1.29, 1.82) is 0 Å². The Balaban J connectivity index is 1.12. The van der Waals surface area contributed by atoms with Gasteiger partial charge in [-0.25, -0.2) is 4.98 Å². The number of carbonyl (C=O) groups is 1. The number of rotatable bonds is 6. The fraction of sp³-hybridized carbons (Fsp3) is 0.478. The number of benzene rings is 1. The lowest BCUT2D eigenvalue weighted by molar-refractivity contribution is -0.123. The highest BCUT2D eigenvalue weighted by Gasteiger charge is 2.59. The Labute approximate surface area is 176 Å². The topological polar surface area (TPSA) is 83.9 Å². The molecule has 2 N–H and O–H groups in total. The van der Waals surface area contributed by atoms with Gasteiger partial charge in [0.2, 0.25) is 5.91 Å². The molecule has 5 rings (SSSR count). The number of piperidine rings is 1. The average Bonchev–Trinajstić information content (AvgIpc) is 3.27. The van der Waals surface area contributed by atoms with Crippen molar-refractivity contribution in [1.82, 2.24) is 15.2 Å². The molecule has 0 bridgehead atoms. The minimum absolute atomic E-state index is 0.0978. The van der Waals surface area contributed by atoms with Crippen molar-refractivity contribution in [2.75, 3.05) is 26.2 Å². The van der Waals surface area contributed by atoms with Crippen LogP contribution in [0.15, 0.2) is 42.6 Å². The SMILES string of the molecule is C[C@H](O)CNC(=O)C1C2CN(Cc3ccc([C@H]4COc5cccnc5O4)cc3)C[C@@H]21. The van der Waals surface area contributed by atoms with Gasteiger partial charge in [0.25, 0.3) is 5.88 Å². The molecular weight excluding hydrogens is 382 g/mol. The van der Waals surface area contributed by atoms with Crippen LogP contribution < -0.4 is 14.8 Å². The number of ether oxygens (including phenoxy) is 2. The molecule has 1 amide bonds. The quantitative estimate of drug-likeness (QED) is 0.757. The van der Waals surface area contributed by atoms with Crippen molar-refractivity contribution in [3.8, 4) is 11.6 Å². The molecule has 30 heavy (non-hydrogen) atoms. The third-order valence-electron chi connectivity index (χ3n) is 6.28. The van der Waals surface area contributed by atoms with E-state index in [1.807, 2.05) is 12.1 Å². The fourth-order valence-corrected chi connectivity index (χ4v) is 4.67. The van der Waals surface area contributed by atoms with Crippen LogP contribution in [0.3, 0.4) is 0 Å². The Kier molecular flexibility index (Phi) is 5.08. The predicted octanol–water partition coefficient (Wildman–Crippen LogP) is 1.77. The van der Waals surface area contributed by atoms with Crippen LogP contribution in [0.25, 0.3) is 0 Å². The van der Waals surface area contributed by atoms with E-state index in [4.69, 9.17) is 9.47 Å². The molecule has 2 unspecified atom stereocenters. The van der Waals surface area contributed by atoms with Gasteiger partial charge in [0, 0.05) is 38.3 Å². The second-order valence-corrected chi connectivity index (χ2v) is 8.61. The molecule has 2 aliphatic heterocycles. The third kappa shape index (κ3) is 3.87. The Morgan fingerprint density at radius 3 is 2.77 bits per heavy atom. The number of pyridine rings is 1. The Morgan fingerprint density at radius 2 is 2.03 bits per heavy atom.